The molecule has 4 heteroatoms. The summed E-state index contributed by atoms with van der Waals surface area (Å²) in [5, 5.41) is 0.451. The molecule has 0 radical (unpaired) electrons. The highest BCUT2D eigenvalue weighted by atomic mass is 35.5. The molecule has 0 bridgehead atoms. The first-order valence-electron chi connectivity index (χ1n) is 7.24. The van der Waals surface area contributed by atoms with Crippen molar-refractivity contribution >= 4 is 11.6 Å². The van der Waals surface area contributed by atoms with Crippen LogP contribution in [-0.4, -0.2) is 16.1 Å². The van der Waals surface area contributed by atoms with E-state index in [0.717, 1.165) is 12.2 Å². The molecular formula is C15H25ClN2O. The fourth-order valence-corrected chi connectivity index (χ4v) is 2.04. The van der Waals surface area contributed by atoms with Crippen LogP contribution in [0.1, 0.15) is 71.5 Å². The number of hydrogen-bond acceptors (Lipinski definition) is 3. The molecule has 1 aromatic heterocycles. The topological polar surface area (TPSA) is 35.0 Å². The number of unbranched alkanes of at least 4 members (excludes halogenated alkanes) is 3. The Labute approximate surface area is 121 Å². The molecular weight excluding hydrogens is 260 g/mol. The van der Waals surface area contributed by atoms with E-state index in [1.807, 2.05) is 13.8 Å². The molecule has 0 N–H and O–H groups in total. The number of hydrogen-bond donors (Lipinski definition) is 0. The maximum absolute atomic E-state index is 5.99. The Morgan fingerprint density at radius 1 is 1.16 bits per heavy atom. The van der Waals surface area contributed by atoms with Gasteiger partial charge in [0, 0.05) is 12.0 Å². The summed E-state index contributed by atoms with van der Waals surface area (Å²) < 4.78 is 5.83. The first kappa shape index (κ1) is 16.2. The summed E-state index contributed by atoms with van der Waals surface area (Å²) in [5.74, 6) is 1.58. The van der Waals surface area contributed by atoms with Crippen molar-refractivity contribution in [3.63, 3.8) is 0 Å². The lowest BCUT2D eigenvalue weighted by molar-refractivity contribution is 0.197. The van der Waals surface area contributed by atoms with Crippen molar-refractivity contribution in [1.29, 1.82) is 0 Å². The molecule has 0 aliphatic carbocycles. The summed E-state index contributed by atoms with van der Waals surface area (Å²) in [4.78, 5) is 8.60. The van der Waals surface area contributed by atoms with Crippen molar-refractivity contribution in [2.45, 2.75) is 71.8 Å². The lowest BCUT2D eigenvalue weighted by Crippen LogP contribution is -2.13. The van der Waals surface area contributed by atoms with Gasteiger partial charge in [-0.3, -0.25) is 0 Å². The molecule has 0 aliphatic heterocycles. The first-order valence-corrected chi connectivity index (χ1v) is 7.61. The predicted octanol–water partition coefficient (Wildman–Crippen LogP) is 4.99. The number of ether oxygens (including phenoxy) is 1. The Morgan fingerprint density at radius 3 is 2.53 bits per heavy atom. The summed E-state index contributed by atoms with van der Waals surface area (Å²) in [5.41, 5.74) is 0. The van der Waals surface area contributed by atoms with Gasteiger partial charge in [-0.2, -0.15) is 4.98 Å². The van der Waals surface area contributed by atoms with Crippen LogP contribution in [0.5, 0.6) is 5.88 Å². The molecule has 0 saturated heterocycles. The Bertz CT molecular complexity index is 382. The molecule has 1 atom stereocenters. The van der Waals surface area contributed by atoms with Gasteiger partial charge in [-0.25, -0.2) is 4.98 Å². The van der Waals surface area contributed by atoms with Crippen LogP contribution in [-0.2, 0) is 0 Å². The maximum Gasteiger partial charge on any atom is 0.218 e. The molecule has 0 saturated carbocycles. The normalized spacial score (nSPS) is 12.7. The van der Waals surface area contributed by atoms with Crippen LogP contribution in [0.3, 0.4) is 0 Å². The van der Waals surface area contributed by atoms with E-state index in [2.05, 4.69) is 23.8 Å². The largest absolute Gasteiger partial charge is 0.475 e. The van der Waals surface area contributed by atoms with Gasteiger partial charge in [-0.05, 0) is 19.8 Å². The number of nitrogens with zero attached hydrogens (tertiary/aromatic N) is 2. The number of rotatable bonds is 8. The van der Waals surface area contributed by atoms with Crippen LogP contribution in [0.15, 0.2) is 6.07 Å². The van der Waals surface area contributed by atoms with Crippen LogP contribution in [0.25, 0.3) is 0 Å². The SMILES string of the molecule is CCCCCCC(C)Oc1cc(Cl)nc(C(C)C)n1. The molecule has 0 spiro atoms. The quantitative estimate of drug-likeness (QED) is 0.498. The predicted molar refractivity (Wildman–Crippen MR) is 80.0 cm³/mol. The fourth-order valence-electron chi connectivity index (χ4n) is 1.86. The van der Waals surface area contributed by atoms with Crippen molar-refractivity contribution in [3.8, 4) is 5.88 Å². The zero-order chi connectivity index (χ0) is 14.3. The summed E-state index contributed by atoms with van der Waals surface area (Å²) in [7, 11) is 0. The van der Waals surface area contributed by atoms with Gasteiger partial charge in [-0.1, -0.05) is 51.6 Å². The molecule has 1 aromatic rings. The lowest BCUT2D eigenvalue weighted by atomic mass is 10.1. The molecule has 19 heavy (non-hydrogen) atoms. The van der Waals surface area contributed by atoms with Gasteiger partial charge < -0.3 is 4.74 Å². The smallest absolute Gasteiger partial charge is 0.218 e. The molecule has 3 nitrogen and oxygen atoms in total. The number of halogens is 1. The van der Waals surface area contributed by atoms with E-state index < -0.39 is 0 Å². The highest BCUT2D eigenvalue weighted by Crippen LogP contribution is 2.20. The average molecular weight is 285 g/mol. The third-order valence-electron chi connectivity index (χ3n) is 2.99. The van der Waals surface area contributed by atoms with Crippen molar-refractivity contribution in [2.24, 2.45) is 0 Å². The van der Waals surface area contributed by atoms with Crippen molar-refractivity contribution in [1.82, 2.24) is 9.97 Å². The minimum atomic E-state index is 0.169. The van der Waals surface area contributed by atoms with Gasteiger partial charge >= 0.3 is 0 Å². The summed E-state index contributed by atoms with van der Waals surface area (Å²) in [6, 6.07) is 1.69. The first-order chi connectivity index (χ1) is 9.02. The summed E-state index contributed by atoms with van der Waals surface area (Å²) in [6.45, 7) is 8.39. The molecule has 1 unspecified atom stereocenters. The zero-order valence-corrected chi connectivity index (χ0v) is 13.2. The van der Waals surface area contributed by atoms with Crippen molar-refractivity contribution in [2.75, 3.05) is 0 Å². The van der Waals surface area contributed by atoms with Crippen LogP contribution >= 0.6 is 11.6 Å². The van der Waals surface area contributed by atoms with Gasteiger partial charge in [0.05, 0.1) is 6.10 Å². The minimum Gasteiger partial charge on any atom is -0.475 e. The monoisotopic (exact) mass is 284 g/mol. The van der Waals surface area contributed by atoms with E-state index >= 15 is 0 Å². The summed E-state index contributed by atoms with van der Waals surface area (Å²) in [6.07, 6.45) is 6.25. The average Bonchev–Trinajstić information content (AvgIpc) is 2.34. The molecule has 0 aromatic carbocycles. The van der Waals surface area contributed by atoms with E-state index in [1.165, 1.54) is 25.7 Å². The second-order valence-electron chi connectivity index (χ2n) is 5.32. The molecule has 0 aliphatic rings. The molecule has 1 rings (SSSR count). The van der Waals surface area contributed by atoms with E-state index in [-0.39, 0.29) is 12.0 Å². The lowest BCUT2D eigenvalue weighted by Gasteiger charge is -2.15. The Morgan fingerprint density at radius 2 is 1.89 bits per heavy atom. The van der Waals surface area contributed by atoms with Crippen LogP contribution in [0.4, 0.5) is 0 Å². The zero-order valence-electron chi connectivity index (χ0n) is 12.4. The summed E-state index contributed by atoms with van der Waals surface area (Å²) >= 11 is 5.99. The van der Waals surface area contributed by atoms with Gasteiger partial charge in [0.25, 0.3) is 0 Å². The van der Waals surface area contributed by atoms with Gasteiger partial charge in [0.2, 0.25) is 5.88 Å². The maximum atomic E-state index is 5.99. The van der Waals surface area contributed by atoms with Gasteiger partial charge in [0.1, 0.15) is 11.0 Å². The molecule has 1 heterocycles. The Kier molecular flexibility index (Phi) is 7.14. The van der Waals surface area contributed by atoms with E-state index in [1.54, 1.807) is 6.07 Å². The number of aromatic nitrogens is 2. The second-order valence-corrected chi connectivity index (χ2v) is 5.71. The second kappa shape index (κ2) is 8.36. The van der Waals surface area contributed by atoms with E-state index in [4.69, 9.17) is 16.3 Å². The van der Waals surface area contributed by atoms with E-state index in [0.29, 0.717) is 11.0 Å². The van der Waals surface area contributed by atoms with Crippen molar-refractivity contribution < 1.29 is 4.74 Å². The third kappa shape index (κ3) is 6.24. The fraction of sp³-hybridized carbons (Fsp3) is 0.733. The van der Waals surface area contributed by atoms with E-state index in [9.17, 15) is 0 Å². The Balaban J connectivity index is 2.51. The van der Waals surface area contributed by atoms with Crippen LogP contribution in [0, 0.1) is 0 Å². The molecule has 0 fully saturated rings. The van der Waals surface area contributed by atoms with Gasteiger partial charge in [-0.15, -0.1) is 0 Å². The third-order valence-corrected chi connectivity index (χ3v) is 3.18. The standard InChI is InChI=1S/C15H25ClN2O/c1-5-6-7-8-9-12(4)19-14-10-13(16)17-15(18-14)11(2)3/h10-12H,5-9H2,1-4H3. The Hall–Kier alpha value is -0.830. The molecule has 108 valence electrons. The highest BCUT2D eigenvalue weighted by Gasteiger charge is 2.10. The minimum absolute atomic E-state index is 0.169. The van der Waals surface area contributed by atoms with Gasteiger partial charge in [0.15, 0.2) is 0 Å². The van der Waals surface area contributed by atoms with Crippen LogP contribution in [0.2, 0.25) is 5.15 Å². The molecule has 0 amide bonds. The van der Waals surface area contributed by atoms with Crippen molar-refractivity contribution in [3.05, 3.63) is 17.0 Å². The van der Waals surface area contributed by atoms with Crippen LogP contribution < -0.4 is 4.74 Å². The highest BCUT2D eigenvalue weighted by molar-refractivity contribution is 6.29.